The second kappa shape index (κ2) is 7.97. The topological polar surface area (TPSA) is 46.1 Å². The summed E-state index contributed by atoms with van der Waals surface area (Å²) in [5, 5.41) is 2.26. The van der Waals surface area contributed by atoms with E-state index in [0.29, 0.717) is 11.8 Å². The van der Waals surface area contributed by atoms with Crippen LogP contribution in [-0.2, 0) is 10.2 Å². The molecule has 1 amide bonds. The number of aromatic nitrogens is 2. The number of hydrogen-bond acceptors (Lipinski definition) is 5. The van der Waals surface area contributed by atoms with Gasteiger partial charge in [0.25, 0.3) is 0 Å². The first-order valence-electron chi connectivity index (χ1n) is 12.6. The number of thioether (sulfide) groups is 1. The lowest BCUT2D eigenvalue weighted by atomic mass is 9.49. The van der Waals surface area contributed by atoms with Crippen LogP contribution in [0.5, 0.6) is 0 Å². The van der Waals surface area contributed by atoms with Crippen LogP contribution in [0.2, 0.25) is 0 Å². The Morgan fingerprint density at radius 1 is 1.09 bits per heavy atom. The van der Waals surface area contributed by atoms with E-state index in [1.54, 1.807) is 11.8 Å². The van der Waals surface area contributed by atoms with Crippen molar-refractivity contribution in [3.05, 3.63) is 16.3 Å². The molecule has 5 aliphatic rings. The van der Waals surface area contributed by atoms with Gasteiger partial charge in [-0.3, -0.25) is 4.79 Å². The first kappa shape index (κ1) is 21.4. The molecule has 0 aromatic carbocycles. The summed E-state index contributed by atoms with van der Waals surface area (Å²) in [5.74, 6) is 4.51. The maximum absolute atomic E-state index is 13.1. The number of hydrogen-bond donors (Lipinski definition) is 0. The third-order valence-corrected chi connectivity index (χ3v) is 11.0. The first-order valence-corrected chi connectivity index (χ1v) is 14.4. The van der Waals surface area contributed by atoms with Crippen LogP contribution in [0.15, 0.2) is 5.03 Å². The molecule has 32 heavy (non-hydrogen) atoms. The fourth-order valence-electron chi connectivity index (χ4n) is 7.62. The number of piperidine rings is 1. The lowest BCUT2D eigenvalue weighted by Crippen LogP contribution is -2.49. The fraction of sp³-hybridized carbons (Fsp3) is 0.731. The van der Waals surface area contributed by atoms with E-state index < -0.39 is 0 Å². The molecule has 6 heteroatoms. The van der Waals surface area contributed by atoms with Gasteiger partial charge in [-0.05, 0) is 102 Å². The van der Waals surface area contributed by atoms with Crippen molar-refractivity contribution < 1.29 is 4.79 Å². The number of fused-ring (bicyclic) bond motifs is 1. The lowest BCUT2D eigenvalue weighted by Gasteiger charge is -2.56. The van der Waals surface area contributed by atoms with Crippen molar-refractivity contribution in [2.24, 2.45) is 17.8 Å². The highest BCUT2D eigenvalue weighted by Gasteiger charge is 2.53. The highest BCUT2D eigenvalue weighted by atomic mass is 32.2. The molecule has 7 rings (SSSR count). The standard InChI is InChI=1S/C26H35N3OS2/c1-15-6-4-5-7-29(15)21(30)14-31-23-22-16(2)17(3)32-24(22)28-25(27-23)26-11-18-8-19(12-26)10-20(9-18)13-26/h15,18-20H,4-14H2,1-3H3. The van der Waals surface area contributed by atoms with Crippen LogP contribution in [-0.4, -0.2) is 39.1 Å². The van der Waals surface area contributed by atoms with E-state index >= 15 is 0 Å². The van der Waals surface area contributed by atoms with Gasteiger partial charge in [-0.25, -0.2) is 9.97 Å². The maximum atomic E-state index is 13.1. The second-order valence-corrected chi connectivity index (χ2v) is 13.4. The minimum Gasteiger partial charge on any atom is -0.339 e. The summed E-state index contributed by atoms with van der Waals surface area (Å²) in [6, 6.07) is 0.370. The molecule has 1 saturated heterocycles. The van der Waals surface area contributed by atoms with Crippen LogP contribution >= 0.6 is 23.1 Å². The lowest BCUT2D eigenvalue weighted by molar-refractivity contribution is -0.131. The molecule has 1 aliphatic heterocycles. The van der Waals surface area contributed by atoms with Crippen LogP contribution in [0.25, 0.3) is 10.2 Å². The van der Waals surface area contributed by atoms with Gasteiger partial charge in [-0.1, -0.05) is 11.8 Å². The largest absolute Gasteiger partial charge is 0.339 e. The van der Waals surface area contributed by atoms with Gasteiger partial charge in [0.05, 0.1) is 5.75 Å². The number of carbonyl (C=O) groups excluding carboxylic acids is 1. The monoisotopic (exact) mass is 469 g/mol. The molecule has 4 bridgehead atoms. The zero-order valence-corrected chi connectivity index (χ0v) is 21.3. The Morgan fingerprint density at radius 2 is 1.78 bits per heavy atom. The zero-order chi connectivity index (χ0) is 22.0. The van der Waals surface area contributed by atoms with Gasteiger partial charge in [-0.15, -0.1) is 11.3 Å². The normalized spacial score (nSPS) is 33.9. The molecule has 4 saturated carbocycles. The van der Waals surface area contributed by atoms with Gasteiger partial charge < -0.3 is 4.90 Å². The van der Waals surface area contributed by atoms with Crippen molar-refractivity contribution >= 4 is 39.2 Å². The van der Waals surface area contributed by atoms with Crippen molar-refractivity contribution in [2.45, 2.75) is 95.0 Å². The molecule has 1 atom stereocenters. The predicted octanol–water partition coefficient (Wildman–Crippen LogP) is 6.27. The van der Waals surface area contributed by atoms with E-state index in [2.05, 4.69) is 25.7 Å². The van der Waals surface area contributed by atoms with Crippen LogP contribution in [0.1, 0.15) is 81.0 Å². The summed E-state index contributed by atoms with van der Waals surface area (Å²) in [6.07, 6.45) is 11.7. The van der Waals surface area contributed by atoms with Gasteiger partial charge in [-0.2, -0.15) is 0 Å². The molecule has 0 radical (unpaired) electrons. The Labute approximate surface area is 200 Å². The summed E-state index contributed by atoms with van der Waals surface area (Å²) in [4.78, 5) is 28.2. The fourth-order valence-corrected chi connectivity index (χ4v) is 9.69. The summed E-state index contributed by atoms with van der Waals surface area (Å²) >= 11 is 3.48. The van der Waals surface area contributed by atoms with Crippen LogP contribution in [0.3, 0.4) is 0 Å². The Morgan fingerprint density at radius 3 is 2.44 bits per heavy atom. The SMILES string of the molecule is Cc1sc2nc(C34CC5CC(CC(C5)C3)C4)nc(SCC(=O)N3CCCCC3C)c2c1C. The first-order chi connectivity index (χ1) is 15.4. The highest BCUT2D eigenvalue weighted by molar-refractivity contribution is 8.00. The Hall–Kier alpha value is -1.14. The van der Waals surface area contributed by atoms with Gasteiger partial charge in [0.2, 0.25) is 5.91 Å². The minimum absolute atomic E-state index is 0.190. The van der Waals surface area contributed by atoms with E-state index in [-0.39, 0.29) is 11.3 Å². The molecule has 0 N–H and O–H groups in total. The number of thiophene rings is 1. The summed E-state index contributed by atoms with van der Waals surface area (Å²) in [7, 11) is 0. The van der Waals surface area contributed by atoms with Crippen LogP contribution in [0, 0.1) is 31.6 Å². The van der Waals surface area contributed by atoms with E-state index in [9.17, 15) is 4.79 Å². The van der Waals surface area contributed by atoms with E-state index in [1.807, 2.05) is 11.3 Å². The molecule has 4 aliphatic carbocycles. The molecule has 2 aromatic rings. The second-order valence-electron chi connectivity index (χ2n) is 11.2. The average Bonchev–Trinajstić information content (AvgIpc) is 3.05. The van der Waals surface area contributed by atoms with Gasteiger partial charge in [0, 0.05) is 28.3 Å². The van der Waals surface area contributed by atoms with E-state index in [1.165, 1.54) is 60.8 Å². The maximum Gasteiger partial charge on any atom is 0.233 e. The highest BCUT2D eigenvalue weighted by Crippen LogP contribution is 2.60. The molecular formula is C26H35N3OS2. The summed E-state index contributed by atoms with van der Waals surface area (Å²) in [5.41, 5.74) is 1.48. The van der Waals surface area contributed by atoms with Crippen molar-refractivity contribution in [1.82, 2.24) is 14.9 Å². The smallest absolute Gasteiger partial charge is 0.233 e. The van der Waals surface area contributed by atoms with Gasteiger partial charge in [0.1, 0.15) is 15.7 Å². The Kier molecular flexibility index (Phi) is 5.33. The van der Waals surface area contributed by atoms with E-state index in [4.69, 9.17) is 9.97 Å². The number of aryl methyl sites for hydroxylation is 2. The van der Waals surface area contributed by atoms with Crippen molar-refractivity contribution in [3.8, 4) is 0 Å². The predicted molar refractivity (Wildman–Crippen MR) is 132 cm³/mol. The number of amides is 1. The number of rotatable bonds is 4. The third kappa shape index (κ3) is 3.51. The molecule has 2 aromatic heterocycles. The molecular weight excluding hydrogens is 434 g/mol. The van der Waals surface area contributed by atoms with Gasteiger partial charge >= 0.3 is 0 Å². The third-order valence-electron chi connectivity index (χ3n) is 8.96. The Bertz CT molecular complexity index is 1030. The van der Waals surface area contributed by atoms with Crippen molar-refractivity contribution in [3.63, 3.8) is 0 Å². The summed E-state index contributed by atoms with van der Waals surface area (Å²) in [6.45, 7) is 7.50. The zero-order valence-electron chi connectivity index (χ0n) is 19.7. The number of carbonyl (C=O) groups is 1. The molecule has 5 fully saturated rings. The summed E-state index contributed by atoms with van der Waals surface area (Å²) < 4.78 is 0. The number of nitrogens with zero attached hydrogens (tertiary/aromatic N) is 3. The molecule has 1 unspecified atom stereocenters. The quantitative estimate of drug-likeness (QED) is 0.391. The van der Waals surface area contributed by atoms with Crippen LogP contribution < -0.4 is 0 Å². The number of likely N-dealkylation sites (tertiary alicyclic amines) is 1. The molecule has 3 heterocycles. The van der Waals surface area contributed by atoms with Crippen LogP contribution in [0.4, 0.5) is 0 Å². The molecule has 4 nitrogen and oxygen atoms in total. The molecule has 172 valence electrons. The van der Waals surface area contributed by atoms with E-state index in [0.717, 1.165) is 52.8 Å². The molecule has 0 spiro atoms. The Balaban J connectivity index is 1.34. The van der Waals surface area contributed by atoms with Crippen molar-refractivity contribution in [2.75, 3.05) is 12.3 Å². The van der Waals surface area contributed by atoms with Gasteiger partial charge in [0.15, 0.2) is 0 Å². The van der Waals surface area contributed by atoms with Crippen molar-refractivity contribution in [1.29, 1.82) is 0 Å². The average molecular weight is 470 g/mol. The minimum atomic E-state index is 0.190.